The number of allylic oxidation sites excluding steroid dienone is 1. The quantitative estimate of drug-likeness (QED) is 0.573. The third kappa shape index (κ3) is 3.54. The molecule has 0 saturated carbocycles. The van der Waals surface area contributed by atoms with Gasteiger partial charge in [0.05, 0.1) is 6.61 Å². The van der Waals surface area contributed by atoms with Crippen LogP contribution in [0.5, 0.6) is 0 Å². The molecular formula is C14H18O2. The highest BCUT2D eigenvalue weighted by atomic mass is 16.5. The Bertz CT molecular complexity index is 364. The van der Waals surface area contributed by atoms with Crippen LogP contribution < -0.4 is 0 Å². The molecular weight excluding hydrogens is 200 g/mol. The molecule has 86 valence electrons. The van der Waals surface area contributed by atoms with Crippen LogP contribution >= 0.6 is 0 Å². The van der Waals surface area contributed by atoms with Gasteiger partial charge in [-0.05, 0) is 12.5 Å². The average molecular weight is 218 g/mol. The molecule has 0 amide bonds. The highest BCUT2D eigenvalue weighted by Gasteiger charge is 2.16. The van der Waals surface area contributed by atoms with Gasteiger partial charge in [0.15, 0.2) is 0 Å². The molecule has 0 aliphatic carbocycles. The molecule has 2 heteroatoms. The van der Waals surface area contributed by atoms with Gasteiger partial charge in [0.1, 0.15) is 0 Å². The second-order valence-electron chi connectivity index (χ2n) is 4.17. The van der Waals surface area contributed by atoms with Gasteiger partial charge >= 0.3 is 5.97 Å². The highest BCUT2D eigenvalue weighted by molar-refractivity contribution is 5.82. The van der Waals surface area contributed by atoms with Gasteiger partial charge in [-0.2, -0.15) is 0 Å². The van der Waals surface area contributed by atoms with Crippen LogP contribution in [-0.2, 0) is 14.9 Å². The normalized spacial score (nSPS) is 11.7. The van der Waals surface area contributed by atoms with Crippen LogP contribution in [0.25, 0.3) is 0 Å². The van der Waals surface area contributed by atoms with Gasteiger partial charge in [0, 0.05) is 11.5 Å². The van der Waals surface area contributed by atoms with Gasteiger partial charge in [-0.25, -0.2) is 4.79 Å². The first kappa shape index (κ1) is 12.5. The topological polar surface area (TPSA) is 26.3 Å². The van der Waals surface area contributed by atoms with Gasteiger partial charge in [-0.1, -0.05) is 50.3 Å². The molecule has 1 rings (SSSR count). The molecule has 0 N–H and O–H groups in total. The zero-order valence-electron chi connectivity index (χ0n) is 10.1. The van der Waals surface area contributed by atoms with Crippen molar-refractivity contribution >= 4 is 5.97 Å². The van der Waals surface area contributed by atoms with Crippen molar-refractivity contribution in [2.45, 2.75) is 26.2 Å². The van der Waals surface area contributed by atoms with Crippen LogP contribution in [0, 0.1) is 0 Å². The van der Waals surface area contributed by atoms with Crippen molar-refractivity contribution in [3.8, 4) is 0 Å². The average Bonchev–Trinajstić information content (AvgIpc) is 2.28. The molecule has 1 aromatic carbocycles. The Balaban J connectivity index is 2.76. The van der Waals surface area contributed by atoms with Crippen LogP contribution in [0.1, 0.15) is 26.3 Å². The van der Waals surface area contributed by atoms with Gasteiger partial charge in [0.2, 0.25) is 0 Å². The maximum absolute atomic E-state index is 11.2. The molecule has 0 unspecified atom stereocenters. The lowest BCUT2D eigenvalue weighted by Crippen LogP contribution is -2.14. The van der Waals surface area contributed by atoms with Crippen molar-refractivity contribution in [2.24, 2.45) is 0 Å². The molecule has 0 aromatic heterocycles. The van der Waals surface area contributed by atoms with Crippen molar-refractivity contribution in [3.63, 3.8) is 0 Å². The summed E-state index contributed by atoms with van der Waals surface area (Å²) in [5.74, 6) is -0.286. The minimum Gasteiger partial charge on any atom is -0.463 e. The Morgan fingerprint density at radius 3 is 2.50 bits per heavy atom. The Morgan fingerprint density at radius 1 is 1.31 bits per heavy atom. The molecule has 2 nitrogen and oxygen atoms in total. The summed E-state index contributed by atoms with van der Waals surface area (Å²) in [4.78, 5) is 11.2. The Kier molecular flexibility index (Phi) is 4.29. The fourth-order valence-electron chi connectivity index (χ4n) is 1.43. The molecule has 0 saturated heterocycles. The maximum Gasteiger partial charge on any atom is 0.330 e. The molecule has 0 aliphatic rings. The summed E-state index contributed by atoms with van der Waals surface area (Å²) in [5.41, 5.74) is 1.02. The van der Waals surface area contributed by atoms with Crippen LogP contribution in [0.3, 0.4) is 0 Å². The van der Waals surface area contributed by atoms with E-state index in [1.54, 1.807) is 6.92 Å². The predicted molar refractivity (Wildman–Crippen MR) is 65.2 cm³/mol. The second-order valence-corrected chi connectivity index (χ2v) is 4.17. The molecule has 16 heavy (non-hydrogen) atoms. The third-order valence-corrected chi connectivity index (χ3v) is 2.44. The van der Waals surface area contributed by atoms with E-state index in [2.05, 4.69) is 26.0 Å². The molecule has 0 bridgehead atoms. The van der Waals surface area contributed by atoms with E-state index in [9.17, 15) is 4.79 Å². The first-order valence-corrected chi connectivity index (χ1v) is 5.48. The number of ether oxygens (including phenoxy) is 1. The molecule has 0 fully saturated rings. The summed E-state index contributed by atoms with van der Waals surface area (Å²) in [5, 5.41) is 0. The standard InChI is InChI=1S/C14H18O2/c1-4-16-13(15)10-11-14(2,3)12-8-6-5-7-9-12/h5-11H,4H2,1-3H3/b11-10+. The van der Waals surface area contributed by atoms with E-state index in [-0.39, 0.29) is 11.4 Å². The Hall–Kier alpha value is -1.57. The van der Waals surface area contributed by atoms with Crippen LogP contribution in [-0.4, -0.2) is 12.6 Å². The van der Waals surface area contributed by atoms with E-state index in [1.165, 1.54) is 11.6 Å². The molecule has 0 atom stereocenters. The van der Waals surface area contributed by atoms with Crippen molar-refractivity contribution in [3.05, 3.63) is 48.0 Å². The summed E-state index contributed by atoms with van der Waals surface area (Å²) in [6.45, 7) is 6.35. The van der Waals surface area contributed by atoms with Crippen LogP contribution in [0.15, 0.2) is 42.5 Å². The fourth-order valence-corrected chi connectivity index (χ4v) is 1.43. The number of esters is 1. The van der Waals surface area contributed by atoms with Crippen molar-refractivity contribution in [1.82, 2.24) is 0 Å². The summed E-state index contributed by atoms with van der Waals surface area (Å²) >= 11 is 0. The van der Waals surface area contributed by atoms with E-state index in [0.29, 0.717) is 6.61 Å². The molecule has 0 spiro atoms. The number of benzene rings is 1. The lowest BCUT2D eigenvalue weighted by atomic mass is 9.84. The van der Waals surface area contributed by atoms with Gasteiger partial charge in [0.25, 0.3) is 0 Å². The summed E-state index contributed by atoms with van der Waals surface area (Å²) in [6.07, 6.45) is 3.37. The highest BCUT2D eigenvalue weighted by Crippen LogP contribution is 2.24. The smallest absolute Gasteiger partial charge is 0.330 e. The number of carbonyl (C=O) groups is 1. The third-order valence-electron chi connectivity index (χ3n) is 2.44. The second kappa shape index (κ2) is 5.50. The molecule has 0 aliphatic heterocycles. The van der Waals surface area contributed by atoms with Crippen molar-refractivity contribution < 1.29 is 9.53 Å². The Labute approximate surface area is 96.9 Å². The van der Waals surface area contributed by atoms with Crippen LogP contribution in [0.4, 0.5) is 0 Å². The van der Waals surface area contributed by atoms with Crippen LogP contribution in [0.2, 0.25) is 0 Å². The predicted octanol–water partition coefficient (Wildman–Crippen LogP) is 3.08. The fraction of sp³-hybridized carbons (Fsp3) is 0.357. The van der Waals surface area contributed by atoms with Gasteiger partial charge < -0.3 is 4.74 Å². The summed E-state index contributed by atoms with van der Waals surface area (Å²) < 4.78 is 4.85. The first-order chi connectivity index (χ1) is 7.56. The van der Waals surface area contributed by atoms with E-state index in [4.69, 9.17) is 4.74 Å². The molecule has 0 radical (unpaired) electrons. The van der Waals surface area contributed by atoms with Gasteiger partial charge in [-0.15, -0.1) is 0 Å². The number of hydrogen-bond donors (Lipinski definition) is 0. The Morgan fingerprint density at radius 2 is 1.94 bits per heavy atom. The zero-order valence-corrected chi connectivity index (χ0v) is 10.1. The maximum atomic E-state index is 11.2. The minimum absolute atomic E-state index is 0.159. The SMILES string of the molecule is CCOC(=O)/C=C/C(C)(C)c1ccccc1. The first-order valence-electron chi connectivity index (χ1n) is 5.48. The van der Waals surface area contributed by atoms with Crippen molar-refractivity contribution in [1.29, 1.82) is 0 Å². The number of hydrogen-bond acceptors (Lipinski definition) is 2. The van der Waals surface area contributed by atoms with E-state index < -0.39 is 0 Å². The van der Waals surface area contributed by atoms with E-state index in [0.717, 1.165) is 0 Å². The summed E-state index contributed by atoms with van der Waals surface area (Å²) in [7, 11) is 0. The number of rotatable bonds is 4. The number of carbonyl (C=O) groups excluding carboxylic acids is 1. The largest absolute Gasteiger partial charge is 0.463 e. The lowest BCUT2D eigenvalue weighted by molar-refractivity contribution is -0.137. The monoisotopic (exact) mass is 218 g/mol. The zero-order chi connectivity index (χ0) is 12.0. The van der Waals surface area contributed by atoms with E-state index >= 15 is 0 Å². The summed E-state index contributed by atoms with van der Waals surface area (Å²) in [6, 6.07) is 10.1. The lowest BCUT2D eigenvalue weighted by Gasteiger charge is -2.20. The molecule has 1 aromatic rings. The molecule has 0 heterocycles. The van der Waals surface area contributed by atoms with E-state index in [1.807, 2.05) is 24.3 Å². The minimum atomic E-state index is -0.286. The van der Waals surface area contributed by atoms with Crippen molar-refractivity contribution in [2.75, 3.05) is 6.61 Å². The van der Waals surface area contributed by atoms with Gasteiger partial charge in [-0.3, -0.25) is 0 Å².